The number of fused-ring (bicyclic) bond motifs is 1. The van der Waals surface area contributed by atoms with Crippen LogP contribution in [0, 0.1) is 0 Å². The highest BCUT2D eigenvalue weighted by molar-refractivity contribution is 5.95. The Hall–Kier alpha value is -5.29. The van der Waals surface area contributed by atoms with Crippen molar-refractivity contribution in [2.45, 2.75) is 5.92 Å². The van der Waals surface area contributed by atoms with Crippen LogP contribution in [0.1, 0.15) is 22.6 Å². The number of para-hydroxylation sites is 3. The molecule has 0 saturated carbocycles. The summed E-state index contributed by atoms with van der Waals surface area (Å²) in [6.07, 6.45) is 1.93. The average Bonchev–Trinajstić information content (AvgIpc) is 3.05. The number of methoxy groups -OCH3 is 2. The zero-order chi connectivity index (χ0) is 28.0. The molecule has 5 heteroatoms. The quantitative estimate of drug-likeness (QED) is 0.147. The smallest absolute Gasteiger partial charge is 0.161 e. The lowest BCUT2D eigenvalue weighted by atomic mass is 9.81. The molecule has 0 fully saturated rings. The molecule has 1 aliphatic heterocycles. The van der Waals surface area contributed by atoms with Crippen molar-refractivity contribution in [1.29, 1.82) is 0 Å². The molecule has 202 valence electrons. The zero-order valence-electron chi connectivity index (χ0n) is 23.0. The lowest BCUT2D eigenvalue weighted by Gasteiger charge is -2.30. The molecular weight excluding hydrogens is 508 g/mol. The van der Waals surface area contributed by atoms with Crippen molar-refractivity contribution in [3.8, 4) is 17.2 Å². The first-order chi connectivity index (χ1) is 20.3. The molecule has 0 spiro atoms. The van der Waals surface area contributed by atoms with E-state index >= 15 is 0 Å². The number of hydrazone groups is 1. The predicted molar refractivity (Wildman–Crippen MR) is 165 cm³/mol. The molecule has 5 aromatic carbocycles. The van der Waals surface area contributed by atoms with Gasteiger partial charge >= 0.3 is 0 Å². The lowest BCUT2D eigenvalue weighted by molar-refractivity contribution is 0.354. The summed E-state index contributed by atoms with van der Waals surface area (Å²) in [6, 6.07) is 44.8. The summed E-state index contributed by atoms with van der Waals surface area (Å²) in [4.78, 5) is 0. The van der Waals surface area contributed by atoms with Gasteiger partial charge in [-0.1, -0.05) is 84.9 Å². The number of benzene rings is 5. The molecule has 1 atom stereocenters. The van der Waals surface area contributed by atoms with Crippen LogP contribution in [0.3, 0.4) is 0 Å². The maximum Gasteiger partial charge on any atom is 0.161 e. The van der Waals surface area contributed by atoms with Gasteiger partial charge in [0.05, 0.1) is 31.8 Å². The third kappa shape index (κ3) is 5.30. The molecule has 5 nitrogen and oxygen atoms in total. The normalized spacial score (nSPS) is 14.3. The van der Waals surface area contributed by atoms with Crippen LogP contribution in [0.5, 0.6) is 17.2 Å². The zero-order valence-corrected chi connectivity index (χ0v) is 23.0. The fraction of sp³-hybridized carbons (Fsp3) is 0.0833. The third-order valence-electron chi connectivity index (χ3n) is 7.11. The van der Waals surface area contributed by atoms with Crippen LogP contribution in [-0.4, -0.2) is 20.4 Å². The highest BCUT2D eigenvalue weighted by Gasteiger charge is 2.31. The number of rotatable bonds is 8. The molecule has 0 bridgehead atoms. The topological polar surface area (TPSA) is 43.3 Å². The summed E-state index contributed by atoms with van der Waals surface area (Å²) in [5.74, 6) is 2.70. The highest BCUT2D eigenvalue weighted by atomic mass is 16.5. The van der Waals surface area contributed by atoms with E-state index in [1.54, 1.807) is 14.2 Å². The van der Waals surface area contributed by atoms with E-state index in [-0.39, 0.29) is 5.92 Å². The Kier molecular flexibility index (Phi) is 7.50. The summed E-state index contributed by atoms with van der Waals surface area (Å²) < 4.78 is 17.8. The maximum atomic E-state index is 6.67. The van der Waals surface area contributed by atoms with Crippen LogP contribution < -0.4 is 19.2 Å². The van der Waals surface area contributed by atoms with Crippen molar-refractivity contribution < 1.29 is 14.2 Å². The van der Waals surface area contributed by atoms with E-state index in [0.717, 1.165) is 39.4 Å². The molecule has 0 N–H and O–H groups in total. The molecular formula is C36H30N2O3. The minimum absolute atomic E-state index is 0.110. The van der Waals surface area contributed by atoms with Gasteiger partial charge in [0, 0.05) is 22.6 Å². The summed E-state index contributed by atoms with van der Waals surface area (Å²) in [5.41, 5.74) is 5.93. The van der Waals surface area contributed by atoms with Crippen molar-refractivity contribution in [2.24, 2.45) is 5.10 Å². The van der Waals surface area contributed by atoms with Gasteiger partial charge in [-0.3, -0.25) is 0 Å². The van der Waals surface area contributed by atoms with Gasteiger partial charge in [0.2, 0.25) is 0 Å². The monoisotopic (exact) mass is 538 g/mol. The Morgan fingerprint density at radius 2 is 1.24 bits per heavy atom. The molecule has 1 unspecified atom stereocenters. The largest absolute Gasteiger partial charge is 0.493 e. The van der Waals surface area contributed by atoms with Gasteiger partial charge in [-0.25, -0.2) is 5.01 Å². The number of hydrogen-bond acceptors (Lipinski definition) is 5. The third-order valence-corrected chi connectivity index (χ3v) is 7.11. The molecule has 0 saturated heterocycles. The van der Waals surface area contributed by atoms with Gasteiger partial charge < -0.3 is 14.2 Å². The van der Waals surface area contributed by atoms with Crippen molar-refractivity contribution in [1.82, 2.24) is 0 Å². The molecule has 0 aliphatic carbocycles. The minimum atomic E-state index is -0.110. The molecule has 6 rings (SSSR count). The van der Waals surface area contributed by atoms with Crippen LogP contribution in [0.25, 0.3) is 5.76 Å². The van der Waals surface area contributed by atoms with Crippen LogP contribution in [0.2, 0.25) is 0 Å². The Bertz CT molecular complexity index is 1640. The predicted octanol–water partition coefficient (Wildman–Crippen LogP) is 8.46. The number of anilines is 2. The molecule has 5 aromatic rings. The lowest BCUT2D eigenvalue weighted by Crippen LogP contribution is -2.19. The van der Waals surface area contributed by atoms with Gasteiger partial charge in [0.15, 0.2) is 11.5 Å². The van der Waals surface area contributed by atoms with Crippen molar-refractivity contribution in [3.63, 3.8) is 0 Å². The fourth-order valence-electron chi connectivity index (χ4n) is 5.16. The van der Waals surface area contributed by atoms with Gasteiger partial charge in [-0.15, -0.1) is 0 Å². The standard InChI is InChI=1S/C36H30N2O3/c1-39-33-23-22-27(24-34(33)40-2)36-31(25-37-38(28-16-8-4-9-17-28)29-18-10-5-11-19-29)35(26-14-6-3-7-15-26)30-20-12-13-21-32(30)41-36/h3-25,35H,1-2H3/b37-25+. The second kappa shape index (κ2) is 11.8. The first-order valence-electron chi connectivity index (χ1n) is 13.5. The summed E-state index contributed by atoms with van der Waals surface area (Å²) in [7, 11) is 3.27. The second-order valence-corrected chi connectivity index (χ2v) is 9.57. The van der Waals surface area contributed by atoms with Crippen LogP contribution in [-0.2, 0) is 0 Å². The van der Waals surface area contributed by atoms with Gasteiger partial charge in [0.1, 0.15) is 11.5 Å². The first-order valence-corrected chi connectivity index (χ1v) is 13.5. The summed E-state index contributed by atoms with van der Waals surface area (Å²) in [6.45, 7) is 0. The van der Waals surface area contributed by atoms with Crippen molar-refractivity contribution >= 4 is 23.3 Å². The van der Waals surface area contributed by atoms with Crippen LogP contribution in [0.4, 0.5) is 11.4 Å². The molecule has 0 amide bonds. The Morgan fingerprint density at radius 3 is 1.88 bits per heavy atom. The van der Waals surface area contributed by atoms with Crippen LogP contribution in [0.15, 0.2) is 144 Å². The van der Waals surface area contributed by atoms with Crippen molar-refractivity contribution in [3.05, 3.63) is 156 Å². The number of ether oxygens (including phenoxy) is 3. The molecule has 0 aromatic heterocycles. The SMILES string of the molecule is COc1ccc(C2=C(/C=N/N(c3ccccc3)c3ccccc3)C(c3ccccc3)c3ccccc3O2)cc1OC. The van der Waals surface area contributed by atoms with Gasteiger partial charge in [-0.2, -0.15) is 5.10 Å². The molecule has 1 heterocycles. The highest BCUT2D eigenvalue weighted by Crippen LogP contribution is 2.46. The summed E-state index contributed by atoms with van der Waals surface area (Å²) in [5, 5.41) is 7.05. The van der Waals surface area contributed by atoms with E-state index in [4.69, 9.17) is 19.3 Å². The Labute approximate surface area is 240 Å². The van der Waals surface area contributed by atoms with E-state index in [1.807, 2.05) is 84.0 Å². The minimum Gasteiger partial charge on any atom is -0.493 e. The van der Waals surface area contributed by atoms with E-state index in [9.17, 15) is 0 Å². The second-order valence-electron chi connectivity index (χ2n) is 9.57. The van der Waals surface area contributed by atoms with Gasteiger partial charge in [0.25, 0.3) is 0 Å². The number of hydrogen-bond donors (Lipinski definition) is 0. The first kappa shape index (κ1) is 26.0. The summed E-state index contributed by atoms with van der Waals surface area (Å²) >= 11 is 0. The maximum absolute atomic E-state index is 6.67. The van der Waals surface area contributed by atoms with Crippen LogP contribution >= 0.6 is 0 Å². The number of allylic oxidation sites excluding steroid dienone is 1. The molecule has 1 aliphatic rings. The van der Waals surface area contributed by atoms with E-state index in [0.29, 0.717) is 17.3 Å². The van der Waals surface area contributed by atoms with Crippen molar-refractivity contribution in [2.75, 3.05) is 19.2 Å². The Balaban J connectivity index is 1.58. The molecule has 41 heavy (non-hydrogen) atoms. The fourth-order valence-corrected chi connectivity index (χ4v) is 5.16. The molecule has 0 radical (unpaired) electrons. The average molecular weight is 539 g/mol. The Morgan fingerprint density at radius 1 is 0.659 bits per heavy atom. The van der Waals surface area contributed by atoms with E-state index < -0.39 is 0 Å². The van der Waals surface area contributed by atoms with E-state index in [2.05, 4.69) is 60.7 Å². The number of nitrogens with zero attached hydrogens (tertiary/aromatic N) is 2. The van der Waals surface area contributed by atoms with E-state index in [1.165, 1.54) is 0 Å². The van der Waals surface area contributed by atoms with Gasteiger partial charge in [-0.05, 0) is 54.1 Å².